The highest BCUT2D eigenvalue weighted by Gasteiger charge is 2.09. The van der Waals surface area contributed by atoms with Crippen molar-refractivity contribution in [2.24, 2.45) is 0 Å². The fourth-order valence-electron chi connectivity index (χ4n) is 1.28. The number of hydrogen-bond acceptors (Lipinski definition) is 5. The highest BCUT2D eigenvalue weighted by Crippen LogP contribution is 2.12. The normalized spacial score (nSPS) is 10.7. The topological polar surface area (TPSA) is 90.1 Å². The molecule has 0 fully saturated rings. The molecule has 0 bridgehead atoms. The Morgan fingerprint density at radius 1 is 1.20 bits per heavy atom. The van der Waals surface area contributed by atoms with Crippen LogP contribution in [0.25, 0.3) is 11.5 Å². The number of hydrogen-bond donors (Lipinski definition) is 1. The number of aromatic amines is 1. The molecule has 3 aromatic heterocycles. The van der Waals surface area contributed by atoms with Crippen LogP contribution in [0.15, 0.2) is 31.2 Å². The van der Waals surface area contributed by atoms with Crippen molar-refractivity contribution in [1.82, 2.24) is 39.9 Å². The average molecular weight is 202 g/mol. The third-order valence-corrected chi connectivity index (χ3v) is 1.92. The van der Waals surface area contributed by atoms with Gasteiger partial charge in [-0.2, -0.15) is 15.4 Å². The first kappa shape index (κ1) is 7.85. The summed E-state index contributed by atoms with van der Waals surface area (Å²) >= 11 is 0. The van der Waals surface area contributed by atoms with Crippen LogP contribution in [-0.2, 0) is 0 Å². The van der Waals surface area contributed by atoms with Crippen LogP contribution in [0.1, 0.15) is 0 Å². The van der Waals surface area contributed by atoms with E-state index < -0.39 is 0 Å². The van der Waals surface area contributed by atoms with E-state index in [4.69, 9.17) is 0 Å². The minimum Gasteiger partial charge on any atom is -0.234 e. The maximum Gasteiger partial charge on any atom is 0.181 e. The molecular formula is C7H6N8. The van der Waals surface area contributed by atoms with Gasteiger partial charge in [0.2, 0.25) is 0 Å². The van der Waals surface area contributed by atoms with Gasteiger partial charge >= 0.3 is 0 Å². The first-order valence-electron chi connectivity index (χ1n) is 4.20. The van der Waals surface area contributed by atoms with Crippen molar-refractivity contribution in [3.63, 3.8) is 0 Å². The molecule has 3 rings (SSSR count). The van der Waals surface area contributed by atoms with E-state index in [1.807, 2.05) is 0 Å². The Bertz CT molecular complexity index is 485. The van der Waals surface area contributed by atoms with Crippen LogP contribution >= 0.6 is 0 Å². The monoisotopic (exact) mass is 202 g/mol. The summed E-state index contributed by atoms with van der Waals surface area (Å²) in [4.78, 5) is 4.18. The second-order valence-corrected chi connectivity index (χ2v) is 2.79. The van der Waals surface area contributed by atoms with Gasteiger partial charge in [-0.05, 0) is 0 Å². The summed E-state index contributed by atoms with van der Waals surface area (Å²) in [5, 5.41) is 17.7. The van der Waals surface area contributed by atoms with E-state index in [1.54, 1.807) is 40.6 Å². The van der Waals surface area contributed by atoms with E-state index in [2.05, 4.69) is 30.6 Å². The van der Waals surface area contributed by atoms with Gasteiger partial charge in [0.05, 0.1) is 6.20 Å². The summed E-state index contributed by atoms with van der Waals surface area (Å²) in [7, 11) is 0. The van der Waals surface area contributed by atoms with Gasteiger partial charge in [0, 0.05) is 12.4 Å². The number of H-pyrrole nitrogens is 1. The lowest BCUT2D eigenvalue weighted by Gasteiger charge is -2.03. The van der Waals surface area contributed by atoms with Crippen LogP contribution in [0.5, 0.6) is 0 Å². The van der Waals surface area contributed by atoms with E-state index in [1.165, 1.54) is 0 Å². The first-order valence-corrected chi connectivity index (χ1v) is 4.20. The lowest BCUT2D eigenvalue weighted by atomic mass is 10.5. The molecule has 3 heterocycles. The molecule has 0 atom stereocenters. The van der Waals surface area contributed by atoms with E-state index in [-0.39, 0.29) is 0 Å². The van der Waals surface area contributed by atoms with E-state index in [0.717, 1.165) is 0 Å². The number of imidazole rings is 1. The van der Waals surface area contributed by atoms with Gasteiger partial charge in [-0.1, -0.05) is 0 Å². The standard InChI is InChI=1S/C7H6N8/c1-2-15(14-4-10-11-5-14)7(8-1)6-3-9-13-12-6/h1-5H,(H,9,12,13). The highest BCUT2D eigenvalue weighted by molar-refractivity contribution is 5.46. The zero-order valence-electron chi connectivity index (χ0n) is 7.52. The molecule has 0 saturated carbocycles. The van der Waals surface area contributed by atoms with Crippen molar-refractivity contribution in [1.29, 1.82) is 0 Å². The molecule has 0 unspecified atom stereocenters. The summed E-state index contributed by atoms with van der Waals surface area (Å²) in [5.74, 6) is 0.670. The minimum atomic E-state index is 0.661. The van der Waals surface area contributed by atoms with Gasteiger partial charge in [0.1, 0.15) is 18.3 Å². The van der Waals surface area contributed by atoms with Gasteiger partial charge in [0.25, 0.3) is 0 Å². The van der Waals surface area contributed by atoms with Crippen molar-refractivity contribution in [2.45, 2.75) is 0 Å². The Morgan fingerprint density at radius 3 is 2.80 bits per heavy atom. The first-order chi connectivity index (χ1) is 7.45. The van der Waals surface area contributed by atoms with Crippen molar-refractivity contribution < 1.29 is 0 Å². The Balaban J connectivity index is 2.15. The SMILES string of the molecule is c1cn(-n2cnnc2)c(-c2cn[nH]n2)n1. The lowest BCUT2D eigenvalue weighted by Crippen LogP contribution is -2.07. The predicted molar refractivity (Wildman–Crippen MR) is 48.4 cm³/mol. The number of aromatic nitrogens is 8. The van der Waals surface area contributed by atoms with Crippen molar-refractivity contribution in [2.75, 3.05) is 0 Å². The van der Waals surface area contributed by atoms with Gasteiger partial charge in [-0.3, -0.25) is 0 Å². The molecule has 0 aliphatic heterocycles. The van der Waals surface area contributed by atoms with Crippen LogP contribution < -0.4 is 0 Å². The van der Waals surface area contributed by atoms with Crippen molar-refractivity contribution >= 4 is 0 Å². The van der Waals surface area contributed by atoms with Crippen LogP contribution in [0, 0.1) is 0 Å². The van der Waals surface area contributed by atoms with E-state index in [9.17, 15) is 0 Å². The third kappa shape index (κ3) is 1.19. The zero-order chi connectivity index (χ0) is 10.1. The average Bonchev–Trinajstić information content (AvgIpc) is 3.01. The minimum absolute atomic E-state index is 0.661. The quantitative estimate of drug-likeness (QED) is 0.609. The van der Waals surface area contributed by atoms with Crippen molar-refractivity contribution in [3.05, 3.63) is 31.2 Å². The number of nitrogens with zero attached hydrogens (tertiary/aromatic N) is 7. The van der Waals surface area contributed by atoms with Crippen LogP contribution in [0.4, 0.5) is 0 Å². The fraction of sp³-hybridized carbons (Fsp3) is 0. The summed E-state index contributed by atoms with van der Waals surface area (Å²) in [6.45, 7) is 0. The maximum atomic E-state index is 4.18. The second kappa shape index (κ2) is 3.01. The van der Waals surface area contributed by atoms with Gasteiger partial charge < -0.3 is 0 Å². The van der Waals surface area contributed by atoms with Crippen LogP contribution in [0.2, 0.25) is 0 Å². The fourth-order valence-corrected chi connectivity index (χ4v) is 1.28. The molecule has 0 spiro atoms. The summed E-state index contributed by atoms with van der Waals surface area (Å²) < 4.78 is 3.45. The summed E-state index contributed by atoms with van der Waals surface area (Å²) in [6.07, 6.45) is 8.21. The molecule has 0 aromatic carbocycles. The number of nitrogens with one attached hydrogen (secondary N) is 1. The molecule has 74 valence electrons. The molecule has 1 N–H and O–H groups in total. The number of rotatable bonds is 2. The van der Waals surface area contributed by atoms with Gasteiger partial charge in [-0.25, -0.2) is 14.3 Å². The Labute approximate surface area is 83.6 Å². The summed E-state index contributed by atoms with van der Waals surface area (Å²) in [6, 6.07) is 0. The molecule has 0 radical (unpaired) electrons. The second-order valence-electron chi connectivity index (χ2n) is 2.79. The van der Waals surface area contributed by atoms with E-state index in [0.29, 0.717) is 11.5 Å². The molecule has 0 amide bonds. The summed E-state index contributed by atoms with van der Waals surface area (Å²) in [5.41, 5.74) is 0.661. The third-order valence-electron chi connectivity index (χ3n) is 1.92. The molecule has 15 heavy (non-hydrogen) atoms. The molecule has 8 heteroatoms. The Morgan fingerprint density at radius 2 is 2.07 bits per heavy atom. The largest absolute Gasteiger partial charge is 0.234 e. The predicted octanol–water partition coefficient (Wildman–Crippen LogP) is -0.429. The maximum absolute atomic E-state index is 4.18. The molecule has 0 aliphatic carbocycles. The van der Waals surface area contributed by atoms with E-state index >= 15 is 0 Å². The lowest BCUT2D eigenvalue weighted by molar-refractivity contribution is 0.660. The zero-order valence-corrected chi connectivity index (χ0v) is 7.52. The van der Waals surface area contributed by atoms with Crippen LogP contribution in [0.3, 0.4) is 0 Å². The van der Waals surface area contributed by atoms with Gasteiger partial charge in [0.15, 0.2) is 5.82 Å². The smallest absolute Gasteiger partial charge is 0.181 e. The molecule has 8 nitrogen and oxygen atoms in total. The van der Waals surface area contributed by atoms with Crippen LogP contribution in [-0.4, -0.2) is 39.9 Å². The Kier molecular flexibility index (Phi) is 1.58. The molecule has 3 aromatic rings. The molecule has 0 aliphatic rings. The van der Waals surface area contributed by atoms with Crippen molar-refractivity contribution in [3.8, 4) is 11.5 Å². The Hall–Kier alpha value is -2.51. The highest BCUT2D eigenvalue weighted by atomic mass is 15.5. The van der Waals surface area contributed by atoms with Gasteiger partial charge in [-0.15, -0.1) is 10.2 Å². The molecule has 0 saturated heterocycles. The molecular weight excluding hydrogens is 196 g/mol.